The minimum Gasteiger partial charge on any atom is -0.494 e. The number of rotatable bonds is 10. The zero-order chi connectivity index (χ0) is 31.4. The van der Waals surface area contributed by atoms with E-state index in [1.165, 1.54) is 23.0 Å². The molecule has 0 bridgehead atoms. The Bertz CT molecular complexity index is 1910. The monoisotopic (exact) mass is 652 g/mol. The van der Waals surface area contributed by atoms with Crippen LogP contribution in [0.25, 0.3) is 6.08 Å². The van der Waals surface area contributed by atoms with E-state index in [1.807, 2.05) is 49.4 Å². The highest BCUT2D eigenvalue weighted by Gasteiger charge is 2.33. The molecule has 2 heterocycles. The predicted molar refractivity (Wildman–Crippen MR) is 172 cm³/mol. The van der Waals surface area contributed by atoms with Crippen LogP contribution >= 0.6 is 34.5 Å². The van der Waals surface area contributed by atoms with Gasteiger partial charge in [-0.25, -0.2) is 9.79 Å². The number of halogens is 2. The third-order valence-electron chi connectivity index (χ3n) is 6.85. The molecule has 0 spiro atoms. The smallest absolute Gasteiger partial charge is 0.338 e. The van der Waals surface area contributed by atoms with E-state index in [0.29, 0.717) is 60.1 Å². The second kappa shape index (κ2) is 13.7. The van der Waals surface area contributed by atoms with Crippen LogP contribution in [0.5, 0.6) is 17.2 Å². The van der Waals surface area contributed by atoms with Gasteiger partial charge in [0.25, 0.3) is 5.56 Å². The highest BCUT2D eigenvalue weighted by molar-refractivity contribution is 7.07. The van der Waals surface area contributed by atoms with Crippen LogP contribution in [0.4, 0.5) is 0 Å². The van der Waals surface area contributed by atoms with Gasteiger partial charge in [-0.2, -0.15) is 0 Å². The quantitative estimate of drug-likeness (QED) is 0.193. The van der Waals surface area contributed by atoms with Crippen LogP contribution in [0.15, 0.2) is 81.7 Å². The summed E-state index contributed by atoms with van der Waals surface area (Å²) >= 11 is 14.0. The molecule has 0 unspecified atom stereocenters. The minimum absolute atomic E-state index is 0.192. The third-order valence-corrected chi connectivity index (χ3v) is 8.34. The summed E-state index contributed by atoms with van der Waals surface area (Å²) in [5.74, 6) is 0.948. The molecular weight excluding hydrogens is 623 g/mol. The average molecular weight is 654 g/mol. The van der Waals surface area contributed by atoms with Crippen LogP contribution in [-0.4, -0.2) is 30.9 Å². The summed E-state index contributed by atoms with van der Waals surface area (Å²) in [4.78, 5) is 32.2. The molecule has 4 aromatic rings. The van der Waals surface area contributed by atoms with Crippen LogP contribution in [0.2, 0.25) is 10.0 Å². The number of aromatic nitrogens is 1. The van der Waals surface area contributed by atoms with Crippen molar-refractivity contribution in [3.05, 3.63) is 118 Å². The minimum atomic E-state index is -0.733. The zero-order valence-corrected chi connectivity index (χ0v) is 26.9. The normalized spacial score (nSPS) is 14.6. The molecule has 1 aliphatic heterocycles. The first-order chi connectivity index (χ1) is 21.2. The van der Waals surface area contributed by atoms with Crippen molar-refractivity contribution >= 4 is 46.6 Å². The van der Waals surface area contributed by atoms with E-state index in [1.54, 1.807) is 38.1 Å². The number of allylic oxidation sites excluding steroid dienone is 1. The number of hydrogen-bond acceptors (Lipinski definition) is 8. The fourth-order valence-corrected chi connectivity index (χ4v) is 6.45. The van der Waals surface area contributed by atoms with Gasteiger partial charge in [-0.15, -0.1) is 0 Å². The molecule has 1 aromatic heterocycles. The maximum absolute atomic E-state index is 14.0. The Hall–Kier alpha value is -4.05. The summed E-state index contributed by atoms with van der Waals surface area (Å²) in [6, 6.07) is 17.4. The molecule has 8 nitrogen and oxygen atoms in total. The summed E-state index contributed by atoms with van der Waals surface area (Å²) < 4.78 is 24.5. The Morgan fingerprint density at radius 2 is 1.82 bits per heavy atom. The first-order valence-corrected chi connectivity index (χ1v) is 15.5. The Balaban J connectivity index is 1.56. The van der Waals surface area contributed by atoms with Gasteiger partial charge in [0, 0.05) is 5.02 Å². The molecule has 1 aliphatic rings. The molecule has 1 atom stereocenters. The summed E-state index contributed by atoms with van der Waals surface area (Å²) in [7, 11) is 1.52. The van der Waals surface area contributed by atoms with Gasteiger partial charge in [0.1, 0.15) is 12.4 Å². The lowest BCUT2D eigenvalue weighted by Gasteiger charge is -2.24. The van der Waals surface area contributed by atoms with Gasteiger partial charge in [-0.05, 0) is 79.9 Å². The van der Waals surface area contributed by atoms with Crippen LogP contribution in [-0.2, 0) is 16.1 Å². The van der Waals surface area contributed by atoms with Gasteiger partial charge < -0.3 is 18.9 Å². The number of esters is 1. The molecule has 5 rings (SSSR count). The average Bonchev–Trinajstić information content (AvgIpc) is 3.30. The van der Waals surface area contributed by atoms with Crippen LogP contribution in [0, 0.1) is 0 Å². The van der Waals surface area contributed by atoms with Crippen molar-refractivity contribution in [2.24, 2.45) is 4.99 Å². The van der Waals surface area contributed by atoms with Crippen molar-refractivity contribution in [3.63, 3.8) is 0 Å². The number of methoxy groups -OCH3 is 1. The SMILES string of the molecule is CCOC(=O)C1=C(C)N=c2s/c(=C\c3cc(Cl)c(OCc4cccc(Cl)c4)c(OC)c3)c(=O)n2[C@@H]1c1ccc(OCC)cc1. The molecule has 11 heteroatoms. The Morgan fingerprint density at radius 1 is 1.05 bits per heavy atom. The number of carbonyl (C=O) groups excluding carboxylic acids is 1. The Labute approximate surface area is 268 Å². The molecule has 3 aromatic carbocycles. The van der Waals surface area contributed by atoms with Gasteiger partial charge in [0.2, 0.25) is 0 Å². The topological polar surface area (TPSA) is 88.4 Å². The van der Waals surface area contributed by atoms with Gasteiger partial charge in [0.05, 0.1) is 47.2 Å². The van der Waals surface area contributed by atoms with E-state index in [-0.39, 0.29) is 18.8 Å². The van der Waals surface area contributed by atoms with E-state index in [4.69, 9.17) is 42.1 Å². The number of nitrogens with zero attached hydrogens (tertiary/aromatic N) is 2. The molecule has 0 aliphatic carbocycles. The molecule has 0 radical (unpaired) electrons. The summed E-state index contributed by atoms with van der Waals surface area (Å²) in [5, 5.41) is 0.924. The van der Waals surface area contributed by atoms with E-state index in [2.05, 4.69) is 4.99 Å². The van der Waals surface area contributed by atoms with E-state index in [0.717, 1.165) is 11.1 Å². The van der Waals surface area contributed by atoms with Crippen molar-refractivity contribution in [1.82, 2.24) is 4.57 Å². The van der Waals surface area contributed by atoms with Gasteiger partial charge >= 0.3 is 5.97 Å². The summed E-state index contributed by atoms with van der Waals surface area (Å²) in [5.41, 5.74) is 2.72. The lowest BCUT2D eigenvalue weighted by molar-refractivity contribution is -0.139. The molecule has 0 saturated heterocycles. The van der Waals surface area contributed by atoms with Crippen molar-refractivity contribution in [1.29, 1.82) is 0 Å². The largest absolute Gasteiger partial charge is 0.494 e. The second-order valence-electron chi connectivity index (χ2n) is 9.76. The molecule has 0 N–H and O–H groups in total. The number of hydrogen-bond donors (Lipinski definition) is 0. The summed E-state index contributed by atoms with van der Waals surface area (Å²) in [6.45, 7) is 6.34. The van der Waals surface area contributed by atoms with Crippen molar-refractivity contribution in [3.8, 4) is 17.2 Å². The van der Waals surface area contributed by atoms with Gasteiger partial charge in [-0.3, -0.25) is 9.36 Å². The lowest BCUT2D eigenvalue weighted by atomic mass is 9.96. The predicted octanol–water partition coefficient (Wildman–Crippen LogP) is 6.09. The van der Waals surface area contributed by atoms with E-state index >= 15 is 0 Å². The molecule has 0 saturated carbocycles. The highest BCUT2D eigenvalue weighted by atomic mass is 35.5. The first kappa shape index (κ1) is 31.4. The maximum Gasteiger partial charge on any atom is 0.338 e. The van der Waals surface area contributed by atoms with E-state index in [9.17, 15) is 9.59 Å². The Morgan fingerprint density at radius 3 is 2.50 bits per heavy atom. The number of ether oxygens (including phenoxy) is 4. The molecule has 44 heavy (non-hydrogen) atoms. The van der Waals surface area contributed by atoms with Gasteiger partial charge in [-0.1, -0.05) is 58.8 Å². The first-order valence-electron chi connectivity index (χ1n) is 13.9. The Kier molecular flexibility index (Phi) is 9.78. The van der Waals surface area contributed by atoms with Crippen LogP contribution in [0.3, 0.4) is 0 Å². The molecule has 0 amide bonds. The van der Waals surface area contributed by atoms with E-state index < -0.39 is 12.0 Å². The van der Waals surface area contributed by atoms with Crippen molar-refractivity contribution in [2.75, 3.05) is 20.3 Å². The number of benzene rings is 3. The third kappa shape index (κ3) is 6.55. The van der Waals surface area contributed by atoms with Crippen molar-refractivity contribution in [2.45, 2.75) is 33.4 Å². The standard InChI is InChI=1S/C33H30Cl2N2O6S/c1-5-41-24-12-10-22(11-13-24)29-28(32(39)42-6-2)19(3)36-33-37(29)31(38)27(44-33)17-21-15-25(35)30(26(16-21)40-4)43-18-20-8-7-9-23(34)14-20/h7-17,29H,5-6,18H2,1-4H3/b27-17-/t29-/m1/s1. The van der Waals surface area contributed by atoms with Gasteiger partial charge in [0.15, 0.2) is 16.3 Å². The lowest BCUT2D eigenvalue weighted by Crippen LogP contribution is -2.39. The van der Waals surface area contributed by atoms with Crippen molar-refractivity contribution < 1.29 is 23.7 Å². The second-order valence-corrected chi connectivity index (χ2v) is 11.6. The number of thiazole rings is 1. The highest BCUT2D eigenvalue weighted by Crippen LogP contribution is 2.37. The molecule has 228 valence electrons. The fourth-order valence-electron chi connectivity index (χ4n) is 4.92. The maximum atomic E-state index is 14.0. The fraction of sp³-hybridized carbons (Fsp3) is 0.242. The molecular formula is C33H30Cl2N2O6S. The summed E-state index contributed by atoms with van der Waals surface area (Å²) in [6.07, 6.45) is 1.72. The molecule has 0 fully saturated rings. The van der Waals surface area contributed by atoms with Crippen LogP contribution in [0.1, 0.15) is 43.5 Å². The number of carbonyl (C=O) groups is 1. The number of fused-ring (bicyclic) bond motifs is 1. The zero-order valence-electron chi connectivity index (χ0n) is 24.6. The van der Waals surface area contributed by atoms with Crippen LogP contribution < -0.4 is 29.1 Å².